The maximum absolute atomic E-state index is 13.2. The molecule has 1 atom stereocenters. The van der Waals surface area contributed by atoms with Crippen LogP contribution in [0.4, 0.5) is 0 Å². The second kappa shape index (κ2) is 11.9. The van der Waals surface area contributed by atoms with Crippen molar-refractivity contribution < 1.29 is 24.2 Å². The van der Waals surface area contributed by atoms with Gasteiger partial charge in [-0.25, -0.2) is 0 Å². The van der Waals surface area contributed by atoms with Gasteiger partial charge in [0.25, 0.3) is 11.7 Å². The lowest BCUT2D eigenvalue weighted by atomic mass is 9.94. The molecule has 0 radical (unpaired) electrons. The van der Waals surface area contributed by atoms with Crippen LogP contribution in [-0.2, 0) is 9.59 Å². The van der Waals surface area contributed by atoms with Gasteiger partial charge in [-0.1, -0.05) is 49.7 Å². The van der Waals surface area contributed by atoms with E-state index in [0.717, 1.165) is 25.2 Å². The maximum Gasteiger partial charge on any atom is 0.295 e. The number of carbonyl (C=O) groups excluding carboxylic acids is 2. The minimum Gasteiger partial charge on any atom is -0.507 e. The predicted octanol–water partition coefficient (Wildman–Crippen LogP) is 4.56. The highest BCUT2D eigenvalue weighted by molar-refractivity contribution is 6.46. The van der Waals surface area contributed by atoms with Gasteiger partial charge in [0.2, 0.25) is 0 Å². The third-order valence-electron chi connectivity index (χ3n) is 6.44. The number of aliphatic hydroxyl groups excluding tert-OH is 1. The minimum absolute atomic E-state index is 0.0907. The standard InChI is InChI=1S/C28H36N2O5/c1-6-29(7-2)16-9-17-30-25(21-14-15-22(35-8-3)23(18-21)34-5)24(27(32)28(30)33)26(31)20-12-10-19(4)11-13-20/h10-15,18,25,31H,6-9,16-17H2,1-5H3/b26-24+. The molecule has 2 aromatic carbocycles. The summed E-state index contributed by atoms with van der Waals surface area (Å²) in [5, 5.41) is 11.2. The molecule has 7 heteroatoms. The molecule has 1 unspecified atom stereocenters. The van der Waals surface area contributed by atoms with Crippen molar-refractivity contribution in [2.45, 2.75) is 40.2 Å². The smallest absolute Gasteiger partial charge is 0.295 e. The molecule has 1 fully saturated rings. The number of hydrogen-bond donors (Lipinski definition) is 1. The summed E-state index contributed by atoms with van der Waals surface area (Å²) in [6.45, 7) is 11.6. The molecule has 7 nitrogen and oxygen atoms in total. The van der Waals surface area contributed by atoms with E-state index in [0.29, 0.717) is 42.2 Å². The van der Waals surface area contributed by atoms with Gasteiger partial charge in [0.05, 0.1) is 25.3 Å². The lowest BCUT2D eigenvalue weighted by Gasteiger charge is -2.27. The number of ketones is 1. The van der Waals surface area contributed by atoms with Crippen LogP contribution in [0.5, 0.6) is 11.5 Å². The van der Waals surface area contributed by atoms with Crippen molar-refractivity contribution >= 4 is 17.4 Å². The van der Waals surface area contributed by atoms with Crippen LogP contribution in [-0.4, -0.2) is 66.5 Å². The molecule has 1 aliphatic heterocycles. The van der Waals surface area contributed by atoms with Gasteiger partial charge in [-0.2, -0.15) is 0 Å². The van der Waals surface area contributed by atoms with Crippen LogP contribution in [0, 0.1) is 6.92 Å². The van der Waals surface area contributed by atoms with E-state index in [2.05, 4.69) is 18.7 Å². The average Bonchev–Trinajstić information content (AvgIpc) is 3.12. The van der Waals surface area contributed by atoms with Gasteiger partial charge >= 0.3 is 0 Å². The van der Waals surface area contributed by atoms with Gasteiger partial charge < -0.3 is 24.4 Å². The average molecular weight is 481 g/mol. The van der Waals surface area contributed by atoms with Crippen molar-refractivity contribution in [3.63, 3.8) is 0 Å². The van der Waals surface area contributed by atoms with Crippen molar-refractivity contribution in [1.29, 1.82) is 0 Å². The molecule has 0 spiro atoms. The number of hydrogen-bond acceptors (Lipinski definition) is 6. The van der Waals surface area contributed by atoms with Crippen molar-refractivity contribution in [2.24, 2.45) is 0 Å². The molecule has 1 saturated heterocycles. The molecule has 188 valence electrons. The van der Waals surface area contributed by atoms with E-state index in [-0.39, 0.29) is 11.3 Å². The number of rotatable bonds is 11. The van der Waals surface area contributed by atoms with Gasteiger partial charge in [-0.3, -0.25) is 9.59 Å². The number of methoxy groups -OCH3 is 1. The molecule has 2 aromatic rings. The van der Waals surface area contributed by atoms with Gasteiger partial charge in [-0.05, 0) is 57.6 Å². The molecular formula is C28H36N2O5. The number of carbonyl (C=O) groups is 2. The van der Waals surface area contributed by atoms with Crippen LogP contribution in [0.1, 0.15) is 49.9 Å². The van der Waals surface area contributed by atoms with E-state index < -0.39 is 17.7 Å². The molecule has 35 heavy (non-hydrogen) atoms. The highest BCUT2D eigenvalue weighted by Gasteiger charge is 2.46. The Kier molecular flexibility index (Phi) is 8.93. The van der Waals surface area contributed by atoms with Crippen molar-refractivity contribution in [1.82, 2.24) is 9.80 Å². The minimum atomic E-state index is -0.724. The van der Waals surface area contributed by atoms with Crippen molar-refractivity contribution in [3.05, 3.63) is 64.7 Å². The van der Waals surface area contributed by atoms with E-state index in [1.165, 1.54) is 0 Å². The second-order valence-electron chi connectivity index (χ2n) is 8.58. The molecule has 0 aliphatic carbocycles. The first-order valence-electron chi connectivity index (χ1n) is 12.2. The fourth-order valence-electron chi connectivity index (χ4n) is 4.46. The Morgan fingerprint density at radius 1 is 1.03 bits per heavy atom. The maximum atomic E-state index is 13.2. The van der Waals surface area contributed by atoms with E-state index >= 15 is 0 Å². The van der Waals surface area contributed by atoms with Crippen molar-refractivity contribution in [3.8, 4) is 11.5 Å². The number of ether oxygens (including phenoxy) is 2. The molecule has 1 heterocycles. The summed E-state index contributed by atoms with van der Waals surface area (Å²) < 4.78 is 11.2. The predicted molar refractivity (Wildman–Crippen MR) is 137 cm³/mol. The lowest BCUT2D eigenvalue weighted by molar-refractivity contribution is -0.140. The topological polar surface area (TPSA) is 79.3 Å². The molecular weight excluding hydrogens is 444 g/mol. The first-order valence-corrected chi connectivity index (χ1v) is 12.2. The van der Waals surface area contributed by atoms with Crippen LogP contribution < -0.4 is 9.47 Å². The summed E-state index contributed by atoms with van der Waals surface area (Å²) in [5.41, 5.74) is 2.31. The highest BCUT2D eigenvalue weighted by atomic mass is 16.5. The Labute approximate surface area is 207 Å². The van der Waals surface area contributed by atoms with Crippen LogP contribution in [0.3, 0.4) is 0 Å². The zero-order valence-electron chi connectivity index (χ0n) is 21.3. The van der Waals surface area contributed by atoms with Crippen LogP contribution in [0.2, 0.25) is 0 Å². The first-order chi connectivity index (χ1) is 16.9. The summed E-state index contributed by atoms with van der Waals surface area (Å²) in [5.74, 6) is -0.364. The van der Waals surface area contributed by atoms with E-state index in [1.807, 2.05) is 32.0 Å². The normalized spacial score (nSPS) is 17.3. The monoisotopic (exact) mass is 480 g/mol. The van der Waals surface area contributed by atoms with Gasteiger partial charge in [0, 0.05) is 12.1 Å². The highest BCUT2D eigenvalue weighted by Crippen LogP contribution is 2.42. The number of nitrogens with zero attached hydrogens (tertiary/aromatic N) is 2. The third-order valence-corrected chi connectivity index (χ3v) is 6.44. The SMILES string of the molecule is CCOc1ccc(C2/C(=C(\O)c3ccc(C)cc3)C(=O)C(=O)N2CCCN(CC)CC)cc1OC. The van der Waals surface area contributed by atoms with E-state index in [4.69, 9.17) is 9.47 Å². The van der Waals surface area contributed by atoms with Gasteiger partial charge in [0.15, 0.2) is 11.5 Å². The second-order valence-corrected chi connectivity index (χ2v) is 8.58. The fourth-order valence-corrected chi connectivity index (χ4v) is 4.46. The molecule has 0 aromatic heterocycles. The zero-order chi connectivity index (χ0) is 25.5. The summed E-state index contributed by atoms with van der Waals surface area (Å²) in [4.78, 5) is 30.3. The van der Waals surface area contributed by atoms with Crippen LogP contribution in [0.25, 0.3) is 5.76 Å². The third kappa shape index (κ3) is 5.68. The molecule has 1 aliphatic rings. The van der Waals surface area contributed by atoms with Crippen molar-refractivity contribution in [2.75, 3.05) is 39.9 Å². The Morgan fingerprint density at radius 3 is 2.31 bits per heavy atom. The molecule has 1 amide bonds. The number of benzene rings is 2. The summed E-state index contributed by atoms with van der Waals surface area (Å²) in [6, 6.07) is 11.9. The fraction of sp³-hybridized carbons (Fsp3) is 0.429. The number of aliphatic hydroxyl groups is 1. The number of amides is 1. The Bertz CT molecular complexity index is 1070. The Balaban J connectivity index is 2.08. The Morgan fingerprint density at radius 2 is 1.71 bits per heavy atom. The molecule has 3 rings (SSSR count). The summed E-state index contributed by atoms with van der Waals surface area (Å²) in [6.07, 6.45) is 0.712. The molecule has 0 saturated carbocycles. The zero-order valence-corrected chi connectivity index (χ0v) is 21.3. The quantitative estimate of drug-likeness (QED) is 0.289. The van der Waals surface area contributed by atoms with Crippen LogP contribution >= 0.6 is 0 Å². The number of aryl methyl sites for hydroxylation is 1. The molecule has 0 bridgehead atoms. The van der Waals surface area contributed by atoms with Gasteiger partial charge in [-0.15, -0.1) is 0 Å². The van der Waals surface area contributed by atoms with E-state index in [1.54, 1.807) is 36.3 Å². The summed E-state index contributed by atoms with van der Waals surface area (Å²) >= 11 is 0. The Hall–Kier alpha value is -3.32. The number of likely N-dealkylation sites (tertiary alicyclic amines) is 1. The number of Topliss-reactive ketones (excluding diaryl/α,β-unsaturated/α-hetero) is 1. The van der Waals surface area contributed by atoms with E-state index in [9.17, 15) is 14.7 Å². The first kappa shape index (κ1) is 26.3. The van der Waals surface area contributed by atoms with Gasteiger partial charge in [0.1, 0.15) is 5.76 Å². The largest absolute Gasteiger partial charge is 0.507 e. The summed E-state index contributed by atoms with van der Waals surface area (Å²) in [7, 11) is 1.55. The molecule has 1 N–H and O–H groups in total. The van der Waals surface area contributed by atoms with Crippen LogP contribution in [0.15, 0.2) is 48.0 Å². The lowest BCUT2D eigenvalue weighted by Crippen LogP contribution is -2.33.